The second-order valence-electron chi connectivity index (χ2n) is 3.35. The van der Waals surface area contributed by atoms with Crippen LogP contribution in [0.3, 0.4) is 0 Å². The predicted molar refractivity (Wildman–Crippen MR) is 71.2 cm³/mol. The molecule has 0 heterocycles. The normalized spacial score (nSPS) is 11.8. The van der Waals surface area contributed by atoms with Crippen LogP contribution in [0.2, 0.25) is 5.02 Å². The van der Waals surface area contributed by atoms with Crippen LogP contribution in [0.15, 0.2) is 28.3 Å². The molecule has 0 saturated heterocycles. The minimum absolute atomic E-state index is 0.470. The van der Waals surface area contributed by atoms with Gasteiger partial charge in [-0.05, 0) is 30.7 Å². The first kappa shape index (κ1) is 14.8. The third-order valence-corrected chi connectivity index (χ3v) is 3.06. The number of nitrogens with one attached hydrogen (secondary N) is 1. The number of benzene rings is 1. The number of hydrogen-bond acceptors (Lipinski definition) is 2. The summed E-state index contributed by atoms with van der Waals surface area (Å²) in [5.41, 5.74) is 1.18. The Morgan fingerprint density at radius 2 is 1.83 bits per heavy atom. The molecule has 7 heteroatoms. The lowest BCUT2D eigenvalue weighted by atomic mass is 10.2. The Hall–Kier alpha value is -1.23. The van der Waals surface area contributed by atoms with Gasteiger partial charge in [0.2, 0.25) is 0 Å². The molecule has 18 heavy (non-hydrogen) atoms. The lowest BCUT2D eigenvalue weighted by molar-refractivity contribution is -0.132. The molecule has 0 bridgehead atoms. The maximum Gasteiger partial charge on any atom is 0.349 e. The number of aryl methyl sites for hydroxylation is 1. The summed E-state index contributed by atoms with van der Waals surface area (Å²) in [5, 5.41) is 10.2. The number of hydrogen-bond donors (Lipinski definition) is 2. The van der Waals surface area contributed by atoms with Crippen LogP contribution in [-0.4, -0.2) is 17.0 Å². The Kier molecular flexibility index (Phi) is 5.02. The van der Waals surface area contributed by atoms with E-state index in [0.717, 1.165) is 0 Å². The Morgan fingerprint density at radius 1 is 1.22 bits per heavy atom. The molecular weight excluding hydrogens is 300 g/mol. The molecule has 0 radical (unpaired) electrons. The van der Waals surface area contributed by atoms with E-state index in [4.69, 9.17) is 39.9 Å². The summed E-state index contributed by atoms with van der Waals surface area (Å²) in [7, 11) is 0. The summed E-state index contributed by atoms with van der Waals surface area (Å²) in [6.07, 6.45) is 0. The Bertz CT molecular complexity index is 540. The van der Waals surface area contributed by atoms with Gasteiger partial charge in [-0.2, -0.15) is 0 Å². The monoisotopic (exact) mass is 307 g/mol. The number of halogens is 3. The van der Waals surface area contributed by atoms with Crippen LogP contribution < -0.4 is 5.32 Å². The second kappa shape index (κ2) is 6.09. The van der Waals surface area contributed by atoms with Gasteiger partial charge in [0.15, 0.2) is 0 Å². The van der Waals surface area contributed by atoms with E-state index < -0.39 is 21.9 Å². The maximum atomic E-state index is 11.6. The zero-order valence-corrected chi connectivity index (χ0v) is 11.4. The standard InChI is InChI=1S/C11H8Cl3NO3/c1-5-4-6(12)2-3-7(5)15-10(16)8(13)9(14)11(17)18/h2-4H,1H3,(H,15,16)(H,17,18)/b9-8+. The van der Waals surface area contributed by atoms with Gasteiger partial charge < -0.3 is 10.4 Å². The third kappa shape index (κ3) is 3.63. The molecular formula is C11H8Cl3NO3. The smallest absolute Gasteiger partial charge is 0.349 e. The first-order chi connectivity index (χ1) is 8.32. The van der Waals surface area contributed by atoms with Gasteiger partial charge in [-0.3, -0.25) is 4.79 Å². The zero-order chi connectivity index (χ0) is 13.9. The number of carboxylic acids is 1. The molecule has 0 aromatic heterocycles. The summed E-state index contributed by atoms with van der Waals surface area (Å²) in [5.74, 6) is -2.26. The summed E-state index contributed by atoms with van der Waals surface area (Å²) in [6.45, 7) is 1.73. The molecule has 0 aliphatic heterocycles. The maximum absolute atomic E-state index is 11.6. The SMILES string of the molecule is Cc1cc(Cl)ccc1NC(=O)/C(Cl)=C(\Cl)C(=O)O. The molecule has 4 nitrogen and oxygen atoms in total. The molecule has 0 spiro atoms. The fraction of sp³-hybridized carbons (Fsp3) is 0.0909. The molecule has 0 aliphatic rings. The van der Waals surface area contributed by atoms with Crippen LogP contribution in [0.5, 0.6) is 0 Å². The molecule has 0 saturated carbocycles. The molecule has 1 aromatic rings. The molecule has 0 fully saturated rings. The van der Waals surface area contributed by atoms with E-state index in [1.165, 1.54) is 0 Å². The molecule has 1 amide bonds. The van der Waals surface area contributed by atoms with Gasteiger partial charge in [0.25, 0.3) is 5.91 Å². The van der Waals surface area contributed by atoms with E-state index in [1.54, 1.807) is 25.1 Å². The molecule has 0 atom stereocenters. The third-order valence-electron chi connectivity index (χ3n) is 2.02. The topological polar surface area (TPSA) is 66.4 Å². The molecule has 96 valence electrons. The van der Waals surface area contributed by atoms with E-state index in [1.807, 2.05) is 0 Å². The average molecular weight is 309 g/mol. The highest BCUT2D eigenvalue weighted by molar-refractivity contribution is 6.54. The van der Waals surface area contributed by atoms with E-state index in [2.05, 4.69) is 5.32 Å². The van der Waals surface area contributed by atoms with Crippen LogP contribution in [0.1, 0.15) is 5.56 Å². The van der Waals surface area contributed by atoms with Crippen molar-refractivity contribution >= 4 is 52.4 Å². The molecule has 1 aromatic carbocycles. The van der Waals surface area contributed by atoms with Crippen LogP contribution >= 0.6 is 34.8 Å². The number of aliphatic carboxylic acids is 1. The van der Waals surface area contributed by atoms with E-state index in [9.17, 15) is 9.59 Å². The van der Waals surface area contributed by atoms with Gasteiger partial charge in [-0.25, -0.2) is 4.79 Å². The lowest BCUT2D eigenvalue weighted by Gasteiger charge is -2.08. The van der Waals surface area contributed by atoms with Crippen LogP contribution in [-0.2, 0) is 9.59 Å². The quantitative estimate of drug-likeness (QED) is 0.841. The number of rotatable bonds is 3. The highest BCUT2D eigenvalue weighted by atomic mass is 35.5. The number of amides is 1. The minimum atomic E-state index is -1.47. The summed E-state index contributed by atoms with van der Waals surface area (Å²) in [6, 6.07) is 4.81. The molecule has 0 aliphatic carbocycles. The minimum Gasteiger partial charge on any atom is -0.477 e. The molecule has 0 unspecified atom stereocenters. The molecule has 2 N–H and O–H groups in total. The Balaban J connectivity index is 2.95. The van der Waals surface area contributed by atoms with Crippen molar-refractivity contribution in [3.8, 4) is 0 Å². The largest absolute Gasteiger partial charge is 0.477 e. The van der Waals surface area contributed by atoms with Crippen molar-refractivity contribution < 1.29 is 14.7 Å². The average Bonchev–Trinajstić information content (AvgIpc) is 2.30. The van der Waals surface area contributed by atoms with Crippen LogP contribution in [0, 0.1) is 6.92 Å². The van der Waals surface area contributed by atoms with Crippen molar-refractivity contribution in [3.05, 3.63) is 38.8 Å². The van der Waals surface area contributed by atoms with Gasteiger partial charge in [0.05, 0.1) is 0 Å². The van der Waals surface area contributed by atoms with Crippen LogP contribution in [0.4, 0.5) is 5.69 Å². The first-order valence-electron chi connectivity index (χ1n) is 4.69. The van der Waals surface area contributed by atoms with Gasteiger partial charge >= 0.3 is 5.97 Å². The number of anilines is 1. The first-order valence-corrected chi connectivity index (χ1v) is 5.82. The van der Waals surface area contributed by atoms with Crippen molar-refractivity contribution in [2.24, 2.45) is 0 Å². The highest BCUT2D eigenvalue weighted by Gasteiger charge is 2.17. The number of carbonyl (C=O) groups is 2. The Labute approximate surface area is 118 Å². The summed E-state index contributed by atoms with van der Waals surface area (Å²) >= 11 is 16.7. The van der Waals surface area contributed by atoms with Crippen molar-refractivity contribution in [1.29, 1.82) is 0 Å². The fourth-order valence-corrected chi connectivity index (χ4v) is 1.58. The lowest BCUT2D eigenvalue weighted by Crippen LogP contribution is -2.15. The number of carbonyl (C=O) groups excluding carboxylic acids is 1. The van der Waals surface area contributed by atoms with Gasteiger partial charge in [0.1, 0.15) is 10.1 Å². The van der Waals surface area contributed by atoms with Crippen molar-refractivity contribution in [2.45, 2.75) is 6.92 Å². The van der Waals surface area contributed by atoms with Crippen molar-refractivity contribution in [2.75, 3.05) is 5.32 Å². The van der Waals surface area contributed by atoms with E-state index in [-0.39, 0.29) is 0 Å². The molecule has 1 rings (SSSR count). The van der Waals surface area contributed by atoms with Gasteiger partial charge in [-0.1, -0.05) is 34.8 Å². The summed E-state index contributed by atoms with van der Waals surface area (Å²) < 4.78 is 0. The highest BCUT2D eigenvalue weighted by Crippen LogP contribution is 2.22. The summed E-state index contributed by atoms with van der Waals surface area (Å²) in [4.78, 5) is 22.2. The second-order valence-corrected chi connectivity index (χ2v) is 4.54. The zero-order valence-electron chi connectivity index (χ0n) is 9.13. The Morgan fingerprint density at radius 3 is 2.33 bits per heavy atom. The van der Waals surface area contributed by atoms with E-state index >= 15 is 0 Å². The number of carboxylic acid groups (broad SMARTS) is 1. The van der Waals surface area contributed by atoms with Crippen molar-refractivity contribution in [1.82, 2.24) is 0 Å². The van der Waals surface area contributed by atoms with Gasteiger partial charge in [-0.15, -0.1) is 0 Å². The van der Waals surface area contributed by atoms with Gasteiger partial charge in [0, 0.05) is 10.7 Å². The van der Waals surface area contributed by atoms with Crippen molar-refractivity contribution in [3.63, 3.8) is 0 Å². The predicted octanol–water partition coefficient (Wildman–Crippen LogP) is 3.36. The van der Waals surface area contributed by atoms with E-state index in [0.29, 0.717) is 16.3 Å². The van der Waals surface area contributed by atoms with Crippen LogP contribution in [0.25, 0.3) is 0 Å². The fourth-order valence-electron chi connectivity index (χ4n) is 1.14.